The number of benzene rings is 1. The third-order valence-corrected chi connectivity index (χ3v) is 4.36. The van der Waals surface area contributed by atoms with E-state index in [1.54, 1.807) is 11.3 Å². The van der Waals surface area contributed by atoms with Crippen molar-refractivity contribution in [3.63, 3.8) is 0 Å². The number of aromatic nitrogens is 1. The molecule has 0 saturated carbocycles. The van der Waals surface area contributed by atoms with Crippen LogP contribution in [-0.2, 0) is 6.42 Å². The van der Waals surface area contributed by atoms with Gasteiger partial charge in [-0.3, -0.25) is 0 Å². The first-order valence-corrected chi connectivity index (χ1v) is 7.78. The van der Waals surface area contributed by atoms with Crippen molar-refractivity contribution in [2.24, 2.45) is 0 Å². The number of nitrogens with zero attached hydrogens (tertiary/aromatic N) is 1. The van der Waals surface area contributed by atoms with Gasteiger partial charge in [0.2, 0.25) is 0 Å². The Labute approximate surface area is 125 Å². The second-order valence-corrected chi connectivity index (χ2v) is 6.32. The minimum atomic E-state index is 0.241. The molecule has 1 aromatic carbocycles. The fourth-order valence-corrected chi connectivity index (χ4v) is 3.19. The van der Waals surface area contributed by atoms with Gasteiger partial charge in [-0.2, -0.15) is 0 Å². The second-order valence-electron chi connectivity index (χ2n) is 4.02. The third kappa shape index (κ3) is 3.79. The molecule has 0 spiro atoms. The normalized spacial score (nSPS) is 12.6. The van der Waals surface area contributed by atoms with Crippen molar-refractivity contribution < 1.29 is 0 Å². The lowest BCUT2D eigenvalue weighted by atomic mass is 10.1. The maximum Gasteiger partial charge on any atom is 0.0937 e. The summed E-state index contributed by atoms with van der Waals surface area (Å²) in [6.07, 6.45) is 2.80. The van der Waals surface area contributed by atoms with Crippen molar-refractivity contribution in [2.45, 2.75) is 19.4 Å². The number of halogens is 2. The molecule has 96 valence electrons. The highest BCUT2D eigenvalue weighted by Gasteiger charge is 2.09. The van der Waals surface area contributed by atoms with Gasteiger partial charge in [-0.15, -0.1) is 11.3 Å². The van der Waals surface area contributed by atoms with Crippen molar-refractivity contribution in [3.8, 4) is 0 Å². The Morgan fingerprint density at radius 2 is 2.33 bits per heavy atom. The van der Waals surface area contributed by atoms with Gasteiger partial charge >= 0.3 is 0 Å². The molecule has 0 aliphatic heterocycles. The Balaban J connectivity index is 1.89. The van der Waals surface area contributed by atoms with Crippen molar-refractivity contribution >= 4 is 38.9 Å². The SMILES string of the molecule is CC(NCCc1nccs1)c1ccc(Br)cc1Cl. The Bertz CT molecular complexity index is 502. The zero-order valence-electron chi connectivity index (χ0n) is 9.99. The summed E-state index contributed by atoms with van der Waals surface area (Å²) in [5, 5.41) is 7.42. The molecule has 5 heteroatoms. The van der Waals surface area contributed by atoms with Crippen LogP contribution in [0, 0.1) is 0 Å². The van der Waals surface area contributed by atoms with Crippen molar-refractivity contribution in [1.29, 1.82) is 0 Å². The monoisotopic (exact) mass is 344 g/mol. The lowest BCUT2D eigenvalue weighted by Crippen LogP contribution is -2.21. The van der Waals surface area contributed by atoms with Crippen molar-refractivity contribution in [1.82, 2.24) is 10.3 Å². The predicted octanol–water partition coefficient (Wildman–Crippen LogP) is 4.45. The average Bonchev–Trinajstić information content (AvgIpc) is 2.81. The molecule has 2 aromatic rings. The number of thiazole rings is 1. The Hall–Kier alpha value is -0.420. The van der Waals surface area contributed by atoms with Gasteiger partial charge in [-0.25, -0.2) is 4.98 Å². The van der Waals surface area contributed by atoms with Crippen LogP contribution in [0.4, 0.5) is 0 Å². The molecule has 0 radical (unpaired) electrons. The van der Waals surface area contributed by atoms with Crippen molar-refractivity contribution in [2.75, 3.05) is 6.54 Å². The molecular weight excluding hydrogens is 332 g/mol. The molecule has 0 bridgehead atoms. The summed E-state index contributed by atoms with van der Waals surface area (Å²) in [5.74, 6) is 0. The maximum absolute atomic E-state index is 6.22. The van der Waals surface area contributed by atoms with Crippen LogP contribution in [0.3, 0.4) is 0 Å². The van der Waals surface area contributed by atoms with E-state index < -0.39 is 0 Å². The summed E-state index contributed by atoms with van der Waals surface area (Å²) in [6.45, 7) is 3.03. The van der Waals surface area contributed by atoms with Crippen LogP contribution in [0.25, 0.3) is 0 Å². The minimum absolute atomic E-state index is 0.241. The van der Waals surface area contributed by atoms with E-state index in [9.17, 15) is 0 Å². The molecule has 2 rings (SSSR count). The van der Waals surface area contributed by atoms with E-state index in [2.05, 4.69) is 33.2 Å². The molecule has 0 fully saturated rings. The second kappa shape index (κ2) is 6.66. The zero-order chi connectivity index (χ0) is 13.0. The van der Waals surface area contributed by atoms with E-state index in [4.69, 9.17) is 11.6 Å². The summed E-state index contributed by atoms with van der Waals surface area (Å²) in [5.41, 5.74) is 1.12. The molecule has 1 unspecified atom stereocenters. The highest BCUT2D eigenvalue weighted by molar-refractivity contribution is 9.10. The van der Waals surface area contributed by atoms with E-state index in [0.717, 1.165) is 33.0 Å². The van der Waals surface area contributed by atoms with Gasteiger partial charge in [0.1, 0.15) is 0 Å². The van der Waals surface area contributed by atoms with E-state index in [1.165, 1.54) is 0 Å². The Morgan fingerprint density at radius 1 is 1.50 bits per heavy atom. The van der Waals surface area contributed by atoms with Gasteiger partial charge in [-0.1, -0.05) is 33.6 Å². The van der Waals surface area contributed by atoms with Gasteiger partial charge in [0, 0.05) is 40.1 Å². The van der Waals surface area contributed by atoms with Crippen LogP contribution >= 0.6 is 38.9 Å². The summed E-state index contributed by atoms with van der Waals surface area (Å²) in [6, 6.07) is 6.23. The van der Waals surface area contributed by atoms with Gasteiger partial charge in [-0.05, 0) is 24.6 Å². The van der Waals surface area contributed by atoms with Crippen LogP contribution in [0.2, 0.25) is 5.02 Å². The highest BCUT2D eigenvalue weighted by Crippen LogP contribution is 2.26. The van der Waals surface area contributed by atoms with E-state index >= 15 is 0 Å². The average molecular weight is 346 g/mol. The number of rotatable bonds is 5. The van der Waals surface area contributed by atoms with Gasteiger partial charge < -0.3 is 5.32 Å². The van der Waals surface area contributed by atoms with Crippen molar-refractivity contribution in [3.05, 3.63) is 49.8 Å². The largest absolute Gasteiger partial charge is 0.310 e. The first kappa shape index (κ1) is 14.0. The van der Waals surface area contributed by atoms with Crippen LogP contribution < -0.4 is 5.32 Å². The predicted molar refractivity (Wildman–Crippen MR) is 81.4 cm³/mol. The maximum atomic E-state index is 6.22. The molecule has 0 saturated heterocycles. The molecule has 1 aromatic heterocycles. The minimum Gasteiger partial charge on any atom is -0.310 e. The van der Waals surface area contributed by atoms with Gasteiger partial charge in [0.15, 0.2) is 0 Å². The number of hydrogen-bond acceptors (Lipinski definition) is 3. The fourth-order valence-electron chi connectivity index (χ4n) is 1.73. The summed E-state index contributed by atoms with van der Waals surface area (Å²) in [7, 11) is 0. The molecule has 1 heterocycles. The van der Waals surface area contributed by atoms with Crippen LogP contribution in [0.15, 0.2) is 34.2 Å². The zero-order valence-corrected chi connectivity index (χ0v) is 13.1. The topological polar surface area (TPSA) is 24.9 Å². The van der Waals surface area contributed by atoms with Crippen LogP contribution in [-0.4, -0.2) is 11.5 Å². The number of nitrogens with one attached hydrogen (secondary N) is 1. The Morgan fingerprint density at radius 3 is 3.00 bits per heavy atom. The highest BCUT2D eigenvalue weighted by atomic mass is 79.9. The quantitative estimate of drug-likeness (QED) is 0.866. The summed E-state index contributed by atoms with van der Waals surface area (Å²) >= 11 is 11.3. The molecule has 0 amide bonds. The molecular formula is C13H14BrClN2S. The van der Waals surface area contributed by atoms with Gasteiger partial charge in [0.25, 0.3) is 0 Å². The van der Waals surface area contributed by atoms with E-state index in [1.807, 2.05) is 29.8 Å². The standard InChI is InChI=1S/C13H14BrClN2S/c1-9(11-3-2-10(14)8-12(11)15)16-5-4-13-17-6-7-18-13/h2-3,6-9,16H,4-5H2,1H3. The molecule has 0 aliphatic rings. The summed E-state index contributed by atoms with van der Waals surface area (Å²) < 4.78 is 1.01. The fraction of sp³-hybridized carbons (Fsp3) is 0.308. The molecule has 0 aliphatic carbocycles. The van der Waals surface area contributed by atoms with E-state index in [-0.39, 0.29) is 6.04 Å². The first-order valence-electron chi connectivity index (χ1n) is 5.73. The first-order chi connectivity index (χ1) is 8.66. The Kier molecular flexibility index (Phi) is 5.18. The number of hydrogen-bond donors (Lipinski definition) is 1. The van der Waals surface area contributed by atoms with Crippen LogP contribution in [0.1, 0.15) is 23.5 Å². The molecule has 2 nitrogen and oxygen atoms in total. The third-order valence-electron chi connectivity index (χ3n) is 2.70. The molecule has 18 heavy (non-hydrogen) atoms. The molecule has 1 atom stereocenters. The molecule has 1 N–H and O–H groups in total. The summed E-state index contributed by atoms with van der Waals surface area (Å²) in [4.78, 5) is 4.26. The smallest absolute Gasteiger partial charge is 0.0937 e. The lowest BCUT2D eigenvalue weighted by Gasteiger charge is -2.15. The lowest BCUT2D eigenvalue weighted by molar-refractivity contribution is 0.576. The van der Waals surface area contributed by atoms with Crippen LogP contribution in [0.5, 0.6) is 0 Å². The van der Waals surface area contributed by atoms with Gasteiger partial charge in [0.05, 0.1) is 5.01 Å². The van der Waals surface area contributed by atoms with E-state index in [0.29, 0.717) is 0 Å².